The molecule has 2 N–H and O–H groups in total. The second-order valence-corrected chi connectivity index (χ2v) is 11.7. The zero-order valence-corrected chi connectivity index (χ0v) is 19.4. The lowest BCUT2D eigenvalue weighted by Gasteiger charge is -2.59. The molecule has 3 saturated carbocycles. The monoisotopic (exact) mass is 404 g/mol. The molecule has 0 radical (unpaired) electrons. The van der Waals surface area contributed by atoms with Crippen LogP contribution in [-0.4, -0.2) is 35.1 Å². The number of ether oxygens (including phenoxy) is 1. The number of allylic oxidation sites excluding steroid dienone is 1. The second-order valence-electron chi connectivity index (χ2n) is 11.7. The van der Waals surface area contributed by atoms with Gasteiger partial charge in [-0.15, -0.1) is 0 Å². The molecule has 3 fully saturated rings. The van der Waals surface area contributed by atoms with Crippen molar-refractivity contribution in [3.05, 3.63) is 11.6 Å². The quantitative estimate of drug-likeness (QED) is 0.607. The average molecular weight is 405 g/mol. The zero-order valence-electron chi connectivity index (χ0n) is 19.4. The van der Waals surface area contributed by atoms with Crippen LogP contribution >= 0.6 is 0 Å². The first-order valence-corrected chi connectivity index (χ1v) is 12.3. The summed E-state index contributed by atoms with van der Waals surface area (Å²) >= 11 is 0. The molecule has 0 amide bonds. The van der Waals surface area contributed by atoms with Gasteiger partial charge in [0.05, 0.1) is 18.3 Å². The van der Waals surface area contributed by atoms with Crippen molar-refractivity contribution in [1.82, 2.24) is 0 Å². The molecule has 0 aliphatic heterocycles. The molecule has 3 nitrogen and oxygen atoms in total. The van der Waals surface area contributed by atoms with Crippen LogP contribution in [0.15, 0.2) is 11.6 Å². The number of aliphatic hydroxyl groups is 2. The van der Waals surface area contributed by atoms with Crippen molar-refractivity contribution in [2.24, 2.45) is 40.4 Å². The van der Waals surface area contributed by atoms with E-state index in [1.807, 2.05) is 0 Å². The molecule has 4 aliphatic carbocycles. The van der Waals surface area contributed by atoms with Gasteiger partial charge in [-0.3, -0.25) is 0 Å². The summed E-state index contributed by atoms with van der Waals surface area (Å²) in [6.07, 6.45) is 10.7. The van der Waals surface area contributed by atoms with E-state index < -0.39 is 6.10 Å². The van der Waals surface area contributed by atoms with Crippen molar-refractivity contribution < 1.29 is 14.9 Å². The maximum absolute atomic E-state index is 11.0. The Hall–Kier alpha value is -0.380. The van der Waals surface area contributed by atoms with Gasteiger partial charge in [0.15, 0.2) is 0 Å². The van der Waals surface area contributed by atoms with Crippen molar-refractivity contribution in [1.29, 1.82) is 0 Å². The molecule has 166 valence electrons. The molecular formula is C26H44O3. The van der Waals surface area contributed by atoms with Crippen LogP contribution in [-0.2, 0) is 4.74 Å². The Morgan fingerprint density at radius 1 is 1.10 bits per heavy atom. The Bertz CT molecular complexity index is 627. The lowest BCUT2D eigenvalue weighted by atomic mass is 9.46. The minimum Gasteiger partial charge on any atom is -0.393 e. The highest BCUT2D eigenvalue weighted by Crippen LogP contribution is 2.66. The largest absolute Gasteiger partial charge is 0.393 e. The highest BCUT2D eigenvalue weighted by atomic mass is 16.5. The summed E-state index contributed by atoms with van der Waals surface area (Å²) in [4.78, 5) is 0. The number of rotatable bonds is 5. The van der Waals surface area contributed by atoms with Crippen molar-refractivity contribution in [2.45, 2.75) is 104 Å². The molecular weight excluding hydrogens is 360 g/mol. The smallest absolute Gasteiger partial charge is 0.0658 e. The normalized spacial score (nSPS) is 47.9. The summed E-state index contributed by atoms with van der Waals surface area (Å²) in [5.74, 6) is 3.36. The van der Waals surface area contributed by atoms with E-state index in [0.29, 0.717) is 41.6 Å². The summed E-state index contributed by atoms with van der Waals surface area (Å²) in [5, 5.41) is 21.2. The fourth-order valence-corrected chi connectivity index (χ4v) is 8.12. The molecule has 3 heteroatoms. The molecule has 0 spiro atoms. The molecule has 0 heterocycles. The fraction of sp³-hybridized carbons (Fsp3) is 0.923. The van der Waals surface area contributed by atoms with Gasteiger partial charge in [0.1, 0.15) is 0 Å². The summed E-state index contributed by atoms with van der Waals surface area (Å²) in [5.41, 5.74) is 1.59. The van der Waals surface area contributed by atoms with Gasteiger partial charge >= 0.3 is 0 Å². The van der Waals surface area contributed by atoms with E-state index in [1.54, 1.807) is 0 Å². The third-order valence-corrected chi connectivity index (χ3v) is 9.89. The SMILES string of the molecule is CC(C)CCOC(C)C1CCC2C3CC=C4C[C@@H](O)C[C@H](O)[C@]4(C)C3CC[C@]12C. The number of hydrogen-bond donors (Lipinski definition) is 2. The van der Waals surface area contributed by atoms with Gasteiger partial charge in [0.25, 0.3) is 0 Å². The third-order valence-electron chi connectivity index (χ3n) is 9.89. The lowest BCUT2D eigenvalue weighted by Crippen LogP contribution is -2.56. The van der Waals surface area contributed by atoms with Gasteiger partial charge < -0.3 is 14.9 Å². The minimum atomic E-state index is -0.398. The molecule has 4 aliphatic rings. The zero-order chi connectivity index (χ0) is 21.0. The predicted molar refractivity (Wildman–Crippen MR) is 117 cm³/mol. The molecule has 29 heavy (non-hydrogen) atoms. The predicted octanol–water partition coefficient (Wildman–Crippen LogP) is 5.35. The van der Waals surface area contributed by atoms with Crippen molar-refractivity contribution >= 4 is 0 Å². The molecule has 0 aromatic heterocycles. The van der Waals surface area contributed by atoms with E-state index in [9.17, 15) is 10.2 Å². The van der Waals surface area contributed by atoms with Gasteiger partial charge in [-0.25, -0.2) is 0 Å². The highest BCUT2D eigenvalue weighted by Gasteiger charge is 2.61. The van der Waals surface area contributed by atoms with Crippen LogP contribution < -0.4 is 0 Å². The topological polar surface area (TPSA) is 49.7 Å². The van der Waals surface area contributed by atoms with Crippen LogP contribution in [0, 0.1) is 40.4 Å². The number of fused-ring (bicyclic) bond motifs is 5. The Morgan fingerprint density at radius 3 is 2.59 bits per heavy atom. The Kier molecular flexibility index (Phi) is 5.99. The summed E-state index contributed by atoms with van der Waals surface area (Å²) in [7, 11) is 0. The molecule has 4 rings (SSSR count). The first kappa shape index (κ1) is 21.8. The summed E-state index contributed by atoms with van der Waals surface area (Å²) in [6, 6.07) is 0. The molecule has 9 atom stereocenters. The van der Waals surface area contributed by atoms with Gasteiger partial charge in [-0.05, 0) is 86.9 Å². The van der Waals surface area contributed by atoms with E-state index in [-0.39, 0.29) is 11.5 Å². The van der Waals surface area contributed by atoms with Crippen molar-refractivity contribution in [3.63, 3.8) is 0 Å². The Morgan fingerprint density at radius 2 is 1.86 bits per heavy atom. The third kappa shape index (κ3) is 3.53. The van der Waals surface area contributed by atoms with Gasteiger partial charge in [-0.1, -0.05) is 39.3 Å². The van der Waals surface area contributed by atoms with E-state index in [2.05, 4.69) is 40.7 Å². The Balaban J connectivity index is 1.52. The highest BCUT2D eigenvalue weighted by molar-refractivity contribution is 5.27. The standard InChI is InChI=1S/C26H44O3/c1-16(2)11-13-29-17(3)21-8-9-22-20-7-6-18-14-19(27)15-24(28)26(18,5)23(20)10-12-25(21,22)4/h6,16-17,19-24,27-28H,7-15H2,1-5H3/t17?,19-,20?,21?,22?,23?,24+,25-,26+/m1/s1. The van der Waals surface area contributed by atoms with E-state index in [4.69, 9.17) is 4.74 Å². The average Bonchev–Trinajstić information content (AvgIpc) is 3.00. The van der Waals surface area contributed by atoms with E-state index >= 15 is 0 Å². The first-order chi connectivity index (χ1) is 13.7. The van der Waals surface area contributed by atoms with Gasteiger partial charge in [0.2, 0.25) is 0 Å². The van der Waals surface area contributed by atoms with Crippen LogP contribution in [0.3, 0.4) is 0 Å². The molecule has 5 unspecified atom stereocenters. The van der Waals surface area contributed by atoms with E-state index in [0.717, 1.165) is 31.8 Å². The summed E-state index contributed by atoms with van der Waals surface area (Å²) in [6.45, 7) is 12.6. The lowest BCUT2D eigenvalue weighted by molar-refractivity contribution is -0.116. The van der Waals surface area contributed by atoms with Crippen molar-refractivity contribution in [2.75, 3.05) is 6.61 Å². The van der Waals surface area contributed by atoms with Crippen LogP contribution in [0.4, 0.5) is 0 Å². The van der Waals surface area contributed by atoms with Crippen LogP contribution in [0.5, 0.6) is 0 Å². The van der Waals surface area contributed by atoms with E-state index in [1.165, 1.54) is 31.3 Å². The van der Waals surface area contributed by atoms with Crippen LogP contribution in [0.25, 0.3) is 0 Å². The van der Waals surface area contributed by atoms with Crippen LogP contribution in [0.1, 0.15) is 86.0 Å². The van der Waals surface area contributed by atoms with Gasteiger partial charge in [-0.2, -0.15) is 0 Å². The number of aliphatic hydroxyl groups excluding tert-OH is 2. The molecule has 0 bridgehead atoms. The molecule has 0 aromatic carbocycles. The fourth-order valence-electron chi connectivity index (χ4n) is 8.12. The Labute approximate surface area is 178 Å². The van der Waals surface area contributed by atoms with Gasteiger partial charge in [0, 0.05) is 18.4 Å². The van der Waals surface area contributed by atoms with Crippen molar-refractivity contribution in [3.8, 4) is 0 Å². The molecule has 0 saturated heterocycles. The summed E-state index contributed by atoms with van der Waals surface area (Å²) < 4.78 is 6.34. The number of hydrogen-bond acceptors (Lipinski definition) is 3. The minimum absolute atomic E-state index is 0.124. The first-order valence-electron chi connectivity index (χ1n) is 12.3. The second kappa shape index (κ2) is 7.95. The van der Waals surface area contributed by atoms with Crippen LogP contribution in [0.2, 0.25) is 0 Å². The molecule has 0 aromatic rings. The maximum atomic E-state index is 11.0. The maximum Gasteiger partial charge on any atom is 0.0658 e.